The highest BCUT2D eigenvalue weighted by atomic mass is 16.4. The van der Waals surface area contributed by atoms with E-state index in [4.69, 9.17) is 0 Å². The second-order valence-corrected chi connectivity index (χ2v) is 4.40. The highest BCUT2D eigenvalue weighted by molar-refractivity contribution is 5.88. The minimum Gasteiger partial charge on any atom is -0.481 e. The summed E-state index contributed by atoms with van der Waals surface area (Å²) in [6.07, 6.45) is 9.78. The van der Waals surface area contributed by atoms with Gasteiger partial charge in [0, 0.05) is 12.6 Å². The summed E-state index contributed by atoms with van der Waals surface area (Å²) in [6.45, 7) is 2.08. The molecule has 1 fully saturated rings. The summed E-state index contributed by atoms with van der Waals surface area (Å²) in [7, 11) is 0. The van der Waals surface area contributed by atoms with Crippen molar-refractivity contribution >= 4 is 11.9 Å². The minimum atomic E-state index is -0.798. The molecule has 1 aliphatic carbocycles. The van der Waals surface area contributed by atoms with E-state index in [-0.39, 0.29) is 12.5 Å². The summed E-state index contributed by atoms with van der Waals surface area (Å²) in [5, 5.41) is 11.9. The first-order chi connectivity index (χ1) is 8.10. The van der Waals surface area contributed by atoms with Crippen molar-refractivity contribution in [1.82, 2.24) is 5.32 Å². The molecular formula is C13H19NO3. The summed E-state index contributed by atoms with van der Waals surface area (Å²) >= 11 is 0. The van der Waals surface area contributed by atoms with Crippen LogP contribution in [0.25, 0.3) is 0 Å². The van der Waals surface area contributed by atoms with Crippen molar-refractivity contribution in [3.63, 3.8) is 0 Å². The van der Waals surface area contributed by atoms with Gasteiger partial charge in [0.25, 0.3) is 0 Å². The molecule has 0 atom stereocenters. The lowest BCUT2D eigenvalue weighted by molar-refractivity contribution is -0.148. The van der Waals surface area contributed by atoms with E-state index in [0.29, 0.717) is 12.8 Å². The first-order valence-corrected chi connectivity index (χ1v) is 5.91. The number of carboxylic acid groups (broad SMARTS) is 1. The van der Waals surface area contributed by atoms with Gasteiger partial charge < -0.3 is 10.4 Å². The molecule has 1 aliphatic rings. The number of rotatable bonds is 5. The van der Waals surface area contributed by atoms with Crippen molar-refractivity contribution in [3.8, 4) is 0 Å². The minimum absolute atomic E-state index is 0.224. The third-order valence-corrected chi connectivity index (χ3v) is 3.17. The predicted octanol–water partition coefficient (Wildman–Crippen LogP) is 1.88. The average Bonchev–Trinajstić information content (AvgIpc) is 2.77. The van der Waals surface area contributed by atoms with Crippen molar-refractivity contribution in [1.29, 1.82) is 0 Å². The Balaban J connectivity index is 2.48. The van der Waals surface area contributed by atoms with Gasteiger partial charge in [0.1, 0.15) is 0 Å². The van der Waals surface area contributed by atoms with Gasteiger partial charge in [0.2, 0.25) is 5.91 Å². The molecular weight excluding hydrogens is 218 g/mol. The van der Waals surface area contributed by atoms with Crippen LogP contribution in [0.2, 0.25) is 0 Å². The Kier molecular flexibility index (Phi) is 4.94. The lowest BCUT2D eigenvalue weighted by Gasteiger charge is -2.23. The van der Waals surface area contributed by atoms with E-state index in [1.165, 1.54) is 6.08 Å². The number of amides is 1. The lowest BCUT2D eigenvalue weighted by atomic mass is 9.86. The average molecular weight is 237 g/mol. The van der Waals surface area contributed by atoms with Crippen LogP contribution in [0, 0.1) is 5.41 Å². The Morgan fingerprint density at radius 1 is 1.29 bits per heavy atom. The molecule has 0 aromatic heterocycles. The number of carboxylic acids is 1. The van der Waals surface area contributed by atoms with Crippen LogP contribution in [0.5, 0.6) is 0 Å². The van der Waals surface area contributed by atoms with E-state index >= 15 is 0 Å². The van der Waals surface area contributed by atoms with Crippen LogP contribution in [-0.2, 0) is 9.59 Å². The molecule has 0 unspecified atom stereocenters. The van der Waals surface area contributed by atoms with E-state index in [1.807, 2.05) is 13.0 Å². The van der Waals surface area contributed by atoms with Crippen LogP contribution in [0.3, 0.4) is 0 Å². The molecule has 0 heterocycles. The molecule has 0 radical (unpaired) electrons. The first kappa shape index (κ1) is 13.5. The quantitative estimate of drug-likeness (QED) is 0.566. The van der Waals surface area contributed by atoms with E-state index in [2.05, 4.69) is 5.32 Å². The summed E-state index contributed by atoms with van der Waals surface area (Å²) in [6, 6.07) is 0. The maximum absolute atomic E-state index is 11.4. The Morgan fingerprint density at radius 3 is 2.47 bits per heavy atom. The lowest BCUT2D eigenvalue weighted by Crippen LogP contribution is -2.40. The van der Waals surface area contributed by atoms with Crippen LogP contribution in [-0.4, -0.2) is 23.5 Å². The van der Waals surface area contributed by atoms with Gasteiger partial charge in [0.05, 0.1) is 5.41 Å². The number of allylic oxidation sites excluding steroid dienone is 3. The smallest absolute Gasteiger partial charge is 0.311 e. The van der Waals surface area contributed by atoms with Crippen LogP contribution < -0.4 is 5.32 Å². The number of aliphatic carboxylic acids is 1. The largest absolute Gasteiger partial charge is 0.481 e. The molecule has 0 bridgehead atoms. The fraction of sp³-hybridized carbons (Fsp3) is 0.538. The Morgan fingerprint density at radius 2 is 1.94 bits per heavy atom. The Hall–Kier alpha value is -1.58. The van der Waals surface area contributed by atoms with Gasteiger partial charge in [-0.2, -0.15) is 0 Å². The van der Waals surface area contributed by atoms with Crippen LogP contribution in [0.1, 0.15) is 32.6 Å². The molecule has 17 heavy (non-hydrogen) atoms. The molecule has 0 aliphatic heterocycles. The molecule has 1 amide bonds. The number of nitrogens with one attached hydrogen (secondary N) is 1. The topological polar surface area (TPSA) is 66.4 Å². The molecule has 1 saturated carbocycles. The first-order valence-electron chi connectivity index (χ1n) is 5.91. The van der Waals surface area contributed by atoms with Crippen molar-refractivity contribution in [2.75, 3.05) is 6.54 Å². The molecule has 4 heteroatoms. The van der Waals surface area contributed by atoms with Crippen LogP contribution >= 0.6 is 0 Å². The van der Waals surface area contributed by atoms with E-state index < -0.39 is 11.4 Å². The zero-order valence-electron chi connectivity index (χ0n) is 10.1. The molecule has 2 N–H and O–H groups in total. The predicted molar refractivity (Wildman–Crippen MR) is 65.5 cm³/mol. The van der Waals surface area contributed by atoms with Crippen molar-refractivity contribution in [3.05, 3.63) is 24.3 Å². The molecule has 94 valence electrons. The van der Waals surface area contributed by atoms with Gasteiger partial charge in [0.15, 0.2) is 0 Å². The van der Waals surface area contributed by atoms with Gasteiger partial charge in [-0.25, -0.2) is 0 Å². The summed E-state index contributed by atoms with van der Waals surface area (Å²) in [4.78, 5) is 22.6. The zero-order valence-corrected chi connectivity index (χ0v) is 10.1. The van der Waals surface area contributed by atoms with Gasteiger partial charge in [-0.05, 0) is 19.8 Å². The SMILES string of the molecule is CC=CC=CC(=O)NCC1(C(=O)O)CCCC1. The highest BCUT2D eigenvalue weighted by Crippen LogP contribution is 2.37. The maximum atomic E-state index is 11.4. The van der Waals surface area contributed by atoms with Gasteiger partial charge in [-0.1, -0.05) is 31.1 Å². The summed E-state index contributed by atoms with van der Waals surface area (Å²) < 4.78 is 0. The van der Waals surface area contributed by atoms with E-state index in [0.717, 1.165) is 12.8 Å². The molecule has 0 saturated heterocycles. The fourth-order valence-electron chi connectivity index (χ4n) is 2.09. The van der Waals surface area contributed by atoms with Crippen LogP contribution in [0.4, 0.5) is 0 Å². The number of hydrogen-bond donors (Lipinski definition) is 2. The molecule has 4 nitrogen and oxygen atoms in total. The van der Waals surface area contributed by atoms with Gasteiger partial charge in [-0.15, -0.1) is 0 Å². The monoisotopic (exact) mass is 237 g/mol. The number of carbonyl (C=O) groups excluding carboxylic acids is 1. The normalized spacial score (nSPS) is 18.9. The number of hydrogen-bond acceptors (Lipinski definition) is 2. The highest BCUT2D eigenvalue weighted by Gasteiger charge is 2.41. The summed E-state index contributed by atoms with van der Waals surface area (Å²) in [5.74, 6) is -1.04. The van der Waals surface area contributed by atoms with E-state index in [1.54, 1.807) is 12.2 Å². The third-order valence-electron chi connectivity index (χ3n) is 3.17. The van der Waals surface area contributed by atoms with Gasteiger partial charge in [-0.3, -0.25) is 9.59 Å². The zero-order chi connectivity index (χ0) is 12.7. The molecule has 1 rings (SSSR count). The molecule has 0 aromatic carbocycles. The second kappa shape index (κ2) is 6.23. The number of carbonyl (C=O) groups is 2. The van der Waals surface area contributed by atoms with Gasteiger partial charge >= 0.3 is 5.97 Å². The van der Waals surface area contributed by atoms with E-state index in [9.17, 15) is 14.7 Å². The standard InChI is InChI=1S/C13H19NO3/c1-2-3-4-7-11(15)14-10-13(12(16)17)8-5-6-9-13/h2-4,7H,5-6,8-10H2,1H3,(H,14,15)(H,16,17). The van der Waals surface area contributed by atoms with Crippen LogP contribution in [0.15, 0.2) is 24.3 Å². The third kappa shape index (κ3) is 3.73. The Bertz CT molecular complexity index is 339. The van der Waals surface area contributed by atoms with Crippen molar-refractivity contribution in [2.45, 2.75) is 32.6 Å². The van der Waals surface area contributed by atoms with Crippen molar-refractivity contribution in [2.24, 2.45) is 5.41 Å². The maximum Gasteiger partial charge on any atom is 0.311 e. The molecule has 0 aromatic rings. The summed E-state index contributed by atoms with van der Waals surface area (Å²) in [5.41, 5.74) is -0.746. The van der Waals surface area contributed by atoms with Crippen molar-refractivity contribution < 1.29 is 14.7 Å². The molecule has 0 spiro atoms. The second-order valence-electron chi connectivity index (χ2n) is 4.40. The fourth-order valence-corrected chi connectivity index (χ4v) is 2.09. The Labute approximate surface area is 101 Å².